The number of amides is 1. The number of rotatable bonds is 4. The fourth-order valence-electron chi connectivity index (χ4n) is 2.89. The van der Waals surface area contributed by atoms with Gasteiger partial charge in [-0.15, -0.1) is 0 Å². The van der Waals surface area contributed by atoms with E-state index in [9.17, 15) is 4.79 Å². The lowest BCUT2D eigenvalue weighted by Gasteiger charge is -2.37. The Morgan fingerprint density at radius 1 is 1.12 bits per heavy atom. The molecule has 4 nitrogen and oxygen atoms in total. The number of hydrogen-bond donors (Lipinski definition) is 0. The molecule has 25 heavy (non-hydrogen) atoms. The standard InChI is InChI=1S/C19H20BrClN2O2/c1-14(25-18-8-7-15(20)13-17(18)21)19(24)23-11-9-22(10-12-23)16-5-3-2-4-6-16/h2-8,13-14H,9-12H2,1H3. The van der Waals surface area contributed by atoms with Crippen LogP contribution in [-0.2, 0) is 4.79 Å². The van der Waals surface area contributed by atoms with E-state index in [0.717, 1.165) is 17.6 Å². The van der Waals surface area contributed by atoms with Gasteiger partial charge >= 0.3 is 0 Å². The summed E-state index contributed by atoms with van der Waals surface area (Å²) >= 11 is 9.52. The number of benzene rings is 2. The third-order valence-corrected chi connectivity index (χ3v) is 5.05. The summed E-state index contributed by atoms with van der Waals surface area (Å²) in [5, 5.41) is 0.489. The Balaban J connectivity index is 1.56. The fraction of sp³-hybridized carbons (Fsp3) is 0.316. The van der Waals surface area contributed by atoms with Gasteiger partial charge in [0.05, 0.1) is 5.02 Å². The van der Waals surface area contributed by atoms with Crippen LogP contribution < -0.4 is 9.64 Å². The van der Waals surface area contributed by atoms with E-state index in [1.807, 2.05) is 29.2 Å². The molecule has 3 rings (SSSR count). The second kappa shape index (κ2) is 8.11. The van der Waals surface area contributed by atoms with Crippen molar-refractivity contribution in [1.82, 2.24) is 4.90 Å². The Kier molecular flexibility index (Phi) is 5.86. The van der Waals surface area contributed by atoms with Gasteiger partial charge in [0.15, 0.2) is 6.10 Å². The average molecular weight is 424 g/mol. The van der Waals surface area contributed by atoms with Crippen molar-refractivity contribution < 1.29 is 9.53 Å². The third kappa shape index (κ3) is 4.47. The van der Waals surface area contributed by atoms with Gasteiger partial charge in [0, 0.05) is 36.3 Å². The predicted octanol–water partition coefficient (Wildman–Crippen LogP) is 4.22. The lowest BCUT2D eigenvalue weighted by atomic mass is 10.2. The fourth-order valence-corrected chi connectivity index (χ4v) is 3.61. The zero-order valence-electron chi connectivity index (χ0n) is 14.0. The van der Waals surface area contributed by atoms with Crippen molar-refractivity contribution in [3.63, 3.8) is 0 Å². The first-order valence-electron chi connectivity index (χ1n) is 8.25. The van der Waals surface area contributed by atoms with Crippen molar-refractivity contribution in [2.45, 2.75) is 13.0 Å². The van der Waals surface area contributed by atoms with Gasteiger partial charge in [0.2, 0.25) is 0 Å². The molecule has 0 spiro atoms. The van der Waals surface area contributed by atoms with Gasteiger partial charge in [-0.3, -0.25) is 4.79 Å². The number of hydrogen-bond acceptors (Lipinski definition) is 3. The molecule has 1 amide bonds. The van der Waals surface area contributed by atoms with Gasteiger partial charge in [-0.2, -0.15) is 0 Å². The van der Waals surface area contributed by atoms with Crippen molar-refractivity contribution >= 4 is 39.1 Å². The number of ether oxygens (including phenoxy) is 1. The molecule has 0 aromatic heterocycles. The maximum atomic E-state index is 12.7. The molecule has 1 atom stereocenters. The van der Waals surface area contributed by atoms with Crippen LogP contribution in [0.4, 0.5) is 5.69 Å². The summed E-state index contributed by atoms with van der Waals surface area (Å²) in [6, 6.07) is 15.6. The van der Waals surface area contributed by atoms with Crippen LogP contribution >= 0.6 is 27.5 Å². The molecule has 0 aliphatic carbocycles. The number of piperazine rings is 1. The second-order valence-electron chi connectivity index (χ2n) is 5.98. The van der Waals surface area contributed by atoms with E-state index in [1.165, 1.54) is 5.69 Å². The maximum absolute atomic E-state index is 12.7. The number of carbonyl (C=O) groups excluding carboxylic acids is 1. The van der Waals surface area contributed by atoms with E-state index in [2.05, 4.69) is 33.0 Å². The lowest BCUT2D eigenvalue weighted by molar-refractivity contribution is -0.138. The number of anilines is 1. The van der Waals surface area contributed by atoms with Crippen LogP contribution in [0.15, 0.2) is 53.0 Å². The second-order valence-corrected chi connectivity index (χ2v) is 7.31. The Labute approximate surface area is 161 Å². The molecule has 1 aliphatic rings. The van der Waals surface area contributed by atoms with Crippen LogP contribution in [0.1, 0.15) is 6.92 Å². The number of halogens is 2. The van der Waals surface area contributed by atoms with E-state index >= 15 is 0 Å². The first kappa shape index (κ1) is 18.1. The highest BCUT2D eigenvalue weighted by atomic mass is 79.9. The van der Waals surface area contributed by atoms with Gasteiger partial charge in [0.25, 0.3) is 5.91 Å². The molecule has 6 heteroatoms. The summed E-state index contributed by atoms with van der Waals surface area (Å²) in [6.45, 7) is 4.79. The number of nitrogens with zero attached hydrogens (tertiary/aromatic N) is 2. The molecule has 0 radical (unpaired) electrons. The van der Waals surface area contributed by atoms with Crippen molar-refractivity contribution in [3.05, 3.63) is 58.0 Å². The lowest BCUT2D eigenvalue weighted by Crippen LogP contribution is -2.52. The minimum absolute atomic E-state index is 0.00769. The van der Waals surface area contributed by atoms with Crippen LogP contribution in [0, 0.1) is 0 Å². The molecule has 1 fully saturated rings. The average Bonchev–Trinajstić information content (AvgIpc) is 2.64. The van der Waals surface area contributed by atoms with E-state index in [4.69, 9.17) is 16.3 Å². The summed E-state index contributed by atoms with van der Waals surface area (Å²) in [7, 11) is 0. The molecular weight excluding hydrogens is 404 g/mol. The smallest absolute Gasteiger partial charge is 0.263 e. The topological polar surface area (TPSA) is 32.8 Å². The molecule has 0 N–H and O–H groups in total. The highest BCUT2D eigenvalue weighted by molar-refractivity contribution is 9.10. The van der Waals surface area contributed by atoms with Gasteiger partial charge in [-0.25, -0.2) is 0 Å². The minimum Gasteiger partial charge on any atom is -0.479 e. The monoisotopic (exact) mass is 422 g/mol. The molecule has 1 saturated heterocycles. The number of para-hydroxylation sites is 1. The quantitative estimate of drug-likeness (QED) is 0.738. The van der Waals surface area contributed by atoms with Crippen LogP contribution in [0.3, 0.4) is 0 Å². The molecule has 0 saturated carbocycles. The first-order chi connectivity index (χ1) is 12.0. The van der Waals surface area contributed by atoms with Gasteiger partial charge in [-0.05, 0) is 37.3 Å². The molecule has 1 aliphatic heterocycles. The Bertz CT molecular complexity index is 733. The normalized spacial score (nSPS) is 15.8. The molecular formula is C19H20BrClN2O2. The predicted molar refractivity (Wildman–Crippen MR) is 104 cm³/mol. The first-order valence-corrected chi connectivity index (χ1v) is 9.42. The molecule has 1 unspecified atom stereocenters. The molecule has 2 aromatic carbocycles. The van der Waals surface area contributed by atoms with Gasteiger partial charge in [-0.1, -0.05) is 45.7 Å². The Morgan fingerprint density at radius 3 is 2.44 bits per heavy atom. The summed E-state index contributed by atoms with van der Waals surface area (Å²) in [6.07, 6.45) is -0.568. The molecule has 132 valence electrons. The van der Waals surface area contributed by atoms with Crippen LogP contribution in [0.25, 0.3) is 0 Å². The van der Waals surface area contributed by atoms with Crippen molar-refractivity contribution in [2.75, 3.05) is 31.1 Å². The van der Waals surface area contributed by atoms with Crippen molar-refractivity contribution in [2.24, 2.45) is 0 Å². The minimum atomic E-state index is -0.568. The van der Waals surface area contributed by atoms with Crippen molar-refractivity contribution in [1.29, 1.82) is 0 Å². The van der Waals surface area contributed by atoms with E-state index in [-0.39, 0.29) is 5.91 Å². The van der Waals surface area contributed by atoms with Crippen LogP contribution in [-0.4, -0.2) is 43.1 Å². The van der Waals surface area contributed by atoms with Gasteiger partial charge < -0.3 is 14.5 Å². The zero-order valence-corrected chi connectivity index (χ0v) is 16.3. The Hall–Kier alpha value is -1.72. The number of carbonyl (C=O) groups is 1. The van der Waals surface area contributed by atoms with E-state index in [0.29, 0.717) is 23.9 Å². The molecule has 0 bridgehead atoms. The van der Waals surface area contributed by atoms with Crippen LogP contribution in [0.2, 0.25) is 5.02 Å². The summed E-state index contributed by atoms with van der Waals surface area (Å²) < 4.78 is 6.64. The largest absolute Gasteiger partial charge is 0.479 e. The molecule has 1 heterocycles. The summed E-state index contributed by atoms with van der Waals surface area (Å²) in [5.41, 5.74) is 1.19. The highest BCUT2D eigenvalue weighted by Crippen LogP contribution is 2.28. The van der Waals surface area contributed by atoms with Crippen LogP contribution in [0.5, 0.6) is 5.75 Å². The maximum Gasteiger partial charge on any atom is 0.263 e. The summed E-state index contributed by atoms with van der Waals surface area (Å²) in [5.74, 6) is 0.514. The van der Waals surface area contributed by atoms with E-state index in [1.54, 1.807) is 19.1 Å². The van der Waals surface area contributed by atoms with Gasteiger partial charge in [0.1, 0.15) is 5.75 Å². The highest BCUT2D eigenvalue weighted by Gasteiger charge is 2.26. The third-order valence-electron chi connectivity index (χ3n) is 4.26. The zero-order chi connectivity index (χ0) is 17.8. The van der Waals surface area contributed by atoms with E-state index < -0.39 is 6.10 Å². The SMILES string of the molecule is CC(Oc1ccc(Br)cc1Cl)C(=O)N1CCN(c2ccccc2)CC1. The van der Waals surface area contributed by atoms with Crippen molar-refractivity contribution in [3.8, 4) is 5.75 Å². The summed E-state index contributed by atoms with van der Waals surface area (Å²) in [4.78, 5) is 16.8. The molecule has 2 aromatic rings. The Morgan fingerprint density at radius 2 is 1.80 bits per heavy atom.